The van der Waals surface area contributed by atoms with Gasteiger partial charge in [-0.15, -0.1) is 30.0 Å². The SMILES string of the molecule is O=C(Oc1ccc([N+](=O)[O-])cc1)Oc1cc(-n2nc3ccc4c(S(=O)(=O)[O-])cc(S(=O)(=O)[O-])cc4c3n2)c(OC(=O)Oc2ccc([N+](=O)[O-])cc2)cc1-n1nc2ccc3c(SOO[O-])cc(S(=O)(=O)[O-])cc3c2n1.[Na+].[Na+].[Na+].[Na+]. The van der Waals surface area contributed by atoms with Gasteiger partial charge in [-0.05, 0) is 60.7 Å². The van der Waals surface area contributed by atoms with E-state index in [-0.39, 0.29) is 191 Å². The summed E-state index contributed by atoms with van der Waals surface area (Å²) in [6.07, 6.45) is -3.13. The van der Waals surface area contributed by atoms with Gasteiger partial charge in [-0.3, -0.25) is 25.3 Å². The van der Waals surface area contributed by atoms with Crippen LogP contribution in [0.15, 0.2) is 129 Å². The van der Waals surface area contributed by atoms with Gasteiger partial charge in [0.05, 0.1) is 36.6 Å². The topological polar surface area (TPSA) is 432 Å². The quantitative estimate of drug-likeness (QED) is 0.0143. The third kappa shape index (κ3) is 13.8. The molecule has 0 bridgehead atoms. The number of aromatic nitrogens is 6. The van der Waals surface area contributed by atoms with Crippen LogP contribution in [0.5, 0.6) is 23.0 Å². The van der Waals surface area contributed by atoms with Crippen LogP contribution in [-0.4, -0.2) is 91.1 Å². The molecule has 0 spiro atoms. The van der Waals surface area contributed by atoms with Gasteiger partial charge in [0.1, 0.15) is 75.3 Å². The zero-order valence-electron chi connectivity index (χ0n) is 39.6. The standard InChI is InChI=1S/C40H22N8O22S4.4Na/c49-39(65-21-5-1-19(2-6-21)47(51)52)67-33-18-32(46-42-30-12-10-26-28(38(30)44-46)14-24(73(59,60)61)16-36(26)74(62,63)64)34(68-40(50)66-22-7-3-20(4-8-22)48(53)54)17-31(33)45-41-29-11-9-25-27(37(29)43-45)13-23(72(56,57)58)15-35(25)71-70-69-55;;;;/h1-18,55H,(H,56,57,58)(H,59,60,61)(H,62,63,64);;;;/q;4*+1/p-4. The predicted molar refractivity (Wildman–Crippen MR) is 238 cm³/mol. The van der Waals surface area contributed by atoms with Gasteiger partial charge in [0.25, 0.3) is 11.4 Å². The molecule has 78 heavy (non-hydrogen) atoms. The number of ether oxygens (including phenoxy) is 4. The average molecular weight is 1180 g/mol. The minimum Gasteiger partial charge on any atom is -0.744 e. The first-order chi connectivity index (χ1) is 34.9. The summed E-state index contributed by atoms with van der Waals surface area (Å²) in [5.74, 6) is -1.91. The number of hydrogen-bond donors (Lipinski definition) is 0. The zero-order valence-corrected chi connectivity index (χ0v) is 50.9. The van der Waals surface area contributed by atoms with Gasteiger partial charge >= 0.3 is 131 Å². The molecule has 7 aromatic carbocycles. The molecule has 0 radical (unpaired) electrons. The van der Waals surface area contributed by atoms with Crippen molar-refractivity contribution in [3.63, 3.8) is 0 Å². The normalized spacial score (nSPS) is 11.4. The first kappa shape index (κ1) is 64.0. The molecule has 378 valence electrons. The number of non-ortho nitro benzene ring substituents is 2. The maximum Gasteiger partial charge on any atom is 1.00 e. The van der Waals surface area contributed by atoms with E-state index in [1.807, 2.05) is 0 Å². The average Bonchev–Trinajstić information content (AvgIpc) is 3.98. The molecule has 0 aliphatic heterocycles. The second-order valence-corrected chi connectivity index (χ2v) is 19.5. The van der Waals surface area contributed by atoms with Crippen molar-refractivity contribution < 1.29 is 210 Å². The Kier molecular flexibility index (Phi) is 20.8. The zero-order chi connectivity index (χ0) is 53.0. The molecular formula is C40H18N8Na4O22S4. The number of nitro groups is 2. The van der Waals surface area contributed by atoms with Crippen molar-refractivity contribution in [1.82, 2.24) is 30.0 Å². The summed E-state index contributed by atoms with van der Waals surface area (Å²) in [5.41, 5.74) is -2.58. The van der Waals surface area contributed by atoms with Crippen LogP contribution < -0.4 is 142 Å². The van der Waals surface area contributed by atoms with Gasteiger partial charge in [-0.25, -0.2) is 34.8 Å². The molecule has 0 N–H and O–H groups in total. The predicted octanol–water partition coefficient (Wildman–Crippen LogP) is -7.61. The molecule has 0 aliphatic rings. The fourth-order valence-electron chi connectivity index (χ4n) is 7.04. The summed E-state index contributed by atoms with van der Waals surface area (Å²) < 4.78 is 136. The smallest absolute Gasteiger partial charge is 0.744 e. The number of benzene rings is 7. The molecular weight excluding hydrogens is 1160 g/mol. The Morgan fingerprint density at radius 3 is 1.31 bits per heavy atom. The summed E-state index contributed by atoms with van der Waals surface area (Å²) in [7, 11) is -16.1. The molecule has 0 fully saturated rings. The molecule has 9 aromatic rings. The molecule has 2 heterocycles. The van der Waals surface area contributed by atoms with Crippen molar-refractivity contribution in [2.75, 3.05) is 0 Å². The van der Waals surface area contributed by atoms with E-state index in [0.29, 0.717) is 10.9 Å². The van der Waals surface area contributed by atoms with Crippen molar-refractivity contribution in [2.24, 2.45) is 0 Å². The minimum absolute atomic E-state index is 0. The molecule has 0 aliphatic carbocycles. The van der Waals surface area contributed by atoms with E-state index in [9.17, 15) is 74.0 Å². The Bertz CT molecular complexity index is 4230. The van der Waals surface area contributed by atoms with E-state index in [4.69, 9.17) is 18.9 Å². The summed E-state index contributed by atoms with van der Waals surface area (Å²) in [6.45, 7) is 0. The van der Waals surface area contributed by atoms with E-state index in [1.165, 1.54) is 12.1 Å². The van der Waals surface area contributed by atoms with Gasteiger partial charge in [-0.2, -0.15) is 4.33 Å². The Morgan fingerprint density at radius 2 is 0.910 bits per heavy atom. The van der Waals surface area contributed by atoms with Gasteiger partial charge in [-0.1, -0.05) is 12.1 Å². The van der Waals surface area contributed by atoms with Crippen LogP contribution >= 0.6 is 12.0 Å². The molecule has 2 aromatic heterocycles. The number of rotatable bonds is 14. The maximum absolute atomic E-state index is 13.6. The first-order valence-electron chi connectivity index (χ1n) is 19.6. The Hall–Kier alpha value is -4.84. The van der Waals surface area contributed by atoms with Crippen molar-refractivity contribution in [2.45, 2.75) is 19.6 Å². The number of hydrogen-bond acceptors (Lipinski definition) is 27. The molecule has 38 heteroatoms. The number of nitrogens with zero attached hydrogens (tertiary/aromatic N) is 8. The largest absolute Gasteiger partial charge is 1.00 e. The van der Waals surface area contributed by atoms with Crippen molar-refractivity contribution in [3.8, 4) is 34.4 Å². The fraction of sp³-hybridized carbons (Fsp3) is 0. The van der Waals surface area contributed by atoms with E-state index in [0.717, 1.165) is 95.8 Å². The van der Waals surface area contributed by atoms with Crippen molar-refractivity contribution in [1.29, 1.82) is 0 Å². The van der Waals surface area contributed by atoms with E-state index < -0.39 is 101 Å². The maximum atomic E-state index is 13.6. The molecule has 9 rings (SSSR count). The number of carbonyl (C=O) groups is 2. The summed E-state index contributed by atoms with van der Waals surface area (Å²) >= 11 is 0.235. The fourth-order valence-corrected chi connectivity index (χ4v) is 9.50. The summed E-state index contributed by atoms with van der Waals surface area (Å²) in [4.78, 5) is 46.4. The number of fused-ring (bicyclic) bond motifs is 6. The number of nitro benzene ring substituents is 2. The molecule has 0 amide bonds. The molecule has 0 saturated carbocycles. The monoisotopic (exact) mass is 1180 g/mol. The third-order valence-corrected chi connectivity index (χ3v) is 13.3. The molecule has 0 unspecified atom stereocenters. The van der Waals surface area contributed by atoms with Crippen LogP contribution in [0.1, 0.15) is 0 Å². The van der Waals surface area contributed by atoms with Gasteiger partial charge in [0, 0.05) is 62.8 Å². The first-order valence-corrected chi connectivity index (χ1v) is 24.6. The summed E-state index contributed by atoms with van der Waals surface area (Å²) in [6, 6.07) is 17.7. The second-order valence-electron chi connectivity index (χ2n) is 14.7. The van der Waals surface area contributed by atoms with Crippen LogP contribution in [0.25, 0.3) is 55.0 Å². The molecule has 0 atom stereocenters. The van der Waals surface area contributed by atoms with E-state index in [2.05, 4.69) is 29.8 Å². The Labute approximate surface area is 527 Å². The third-order valence-electron chi connectivity index (χ3n) is 10.2. The van der Waals surface area contributed by atoms with Gasteiger partial charge < -0.3 is 37.9 Å². The molecule has 30 nitrogen and oxygen atoms in total. The minimum atomic E-state index is -5.47. The van der Waals surface area contributed by atoms with Gasteiger partial charge in [0.15, 0.2) is 11.5 Å². The van der Waals surface area contributed by atoms with E-state index >= 15 is 0 Å². The Balaban J connectivity index is 0.00000280. The van der Waals surface area contributed by atoms with Crippen LogP contribution in [-0.2, 0) is 39.7 Å². The van der Waals surface area contributed by atoms with Gasteiger partial charge in [0.2, 0.25) is 0 Å². The van der Waals surface area contributed by atoms with Crippen LogP contribution in [0.4, 0.5) is 21.0 Å². The molecule has 0 saturated heterocycles. The van der Waals surface area contributed by atoms with Crippen LogP contribution in [0, 0.1) is 20.2 Å². The Morgan fingerprint density at radius 1 is 0.500 bits per heavy atom. The van der Waals surface area contributed by atoms with Crippen molar-refractivity contribution >= 4 is 110 Å². The van der Waals surface area contributed by atoms with Crippen LogP contribution in [0.3, 0.4) is 0 Å². The second kappa shape index (κ2) is 25.3. The van der Waals surface area contributed by atoms with Crippen LogP contribution in [0.2, 0.25) is 0 Å². The summed E-state index contributed by atoms with van der Waals surface area (Å²) in [5, 5.41) is 53.2. The van der Waals surface area contributed by atoms with Crippen molar-refractivity contribution in [3.05, 3.63) is 129 Å². The van der Waals surface area contributed by atoms with E-state index in [1.54, 1.807) is 0 Å². The number of carbonyl (C=O) groups excluding carboxylic acids is 2.